The molecule has 0 bridgehead atoms. The number of aromatic nitrogens is 2. The van der Waals surface area contributed by atoms with Crippen molar-refractivity contribution in [1.82, 2.24) is 9.97 Å². The van der Waals surface area contributed by atoms with Crippen molar-refractivity contribution < 1.29 is 4.74 Å². The van der Waals surface area contributed by atoms with Crippen LogP contribution in [0.25, 0.3) is 21.8 Å². The number of ether oxygens (including phenoxy) is 1. The molecule has 2 N–H and O–H groups in total. The average Bonchev–Trinajstić information content (AvgIpc) is 3.38. The molecule has 2 heterocycles. The number of rotatable bonds is 6. The number of hydrogen-bond donors (Lipinski definition) is 2. The lowest BCUT2D eigenvalue weighted by atomic mass is 9.84. The van der Waals surface area contributed by atoms with Crippen LogP contribution in [0.4, 0.5) is 0 Å². The van der Waals surface area contributed by atoms with Gasteiger partial charge in [-0.15, -0.1) is 0 Å². The number of H-pyrrole nitrogens is 2. The molecule has 0 radical (unpaired) electrons. The van der Waals surface area contributed by atoms with E-state index < -0.39 is 0 Å². The average molecular weight is 378 g/mol. The van der Waals surface area contributed by atoms with Crippen molar-refractivity contribution in [3.05, 3.63) is 115 Å². The fourth-order valence-electron chi connectivity index (χ4n) is 4.13. The van der Waals surface area contributed by atoms with Crippen LogP contribution >= 0.6 is 0 Å². The lowest BCUT2D eigenvalue weighted by Gasteiger charge is -2.18. The van der Waals surface area contributed by atoms with Crippen LogP contribution in [0.5, 0.6) is 5.75 Å². The molecular formula is C26H22N2O. The molecule has 0 saturated carbocycles. The summed E-state index contributed by atoms with van der Waals surface area (Å²) in [6.07, 6.45) is 6.03. The van der Waals surface area contributed by atoms with E-state index in [0.29, 0.717) is 6.61 Å². The van der Waals surface area contributed by atoms with E-state index in [1.165, 1.54) is 27.5 Å². The first-order valence-electron chi connectivity index (χ1n) is 9.81. The first-order valence-corrected chi connectivity index (χ1v) is 9.81. The fourth-order valence-corrected chi connectivity index (χ4v) is 4.13. The first kappa shape index (κ1) is 17.4. The van der Waals surface area contributed by atoms with Crippen molar-refractivity contribution >= 4 is 21.8 Å². The minimum absolute atomic E-state index is 0.0783. The minimum atomic E-state index is 0.0783. The molecule has 3 heteroatoms. The second kappa shape index (κ2) is 7.36. The molecule has 2 aromatic heterocycles. The van der Waals surface area contributed by atoms with Crippen LogP contribution in [-0.2, 0) is 0 Å². The Morgan fingerprint density at radius 2 is 1.41 bits per heavy atom. The Morgan fingerprint density at radius 3 is 2.03 bits per heavy atom. The van der Waals surface area contributed by atoms with Gasteiger partial charge in [-0.05, 0) is 41.0 Å². The molecular weight excluding hydrogens is 356 g/mol. The van der Waals surface area contributed by atoms with Crippen LogP contribution in [0, 0.1) is 0 Å². The highest BCUT2D eigenvalue weighted by molar-refractivity contribution is 5.89. The monoisotopic (exact) mass is 378 g/mol. The van der Waals surface area contributed by atoms with Gasteiger partial charge in [0.05, 0.1) is 0 Å². The SMILES string of the molecule is C=CCOc1cccc(C(c2c[nH]c3ccccc23)c2c[nH]c3ccccc23)c1. The van der Waals surface area contributed by atoms with Crippen molar-refractivity contribution in [3.8, 4) is 5.75 Å². The highest BCUT2D eigenvalue weighted by Gasteiger charge is 2.23. The van der Waals surface area contributed by atoms with Crippen LogP contribution < -0.4 is 4.74 Å². The molecule has 0 spiro atoms. The smallest absolute Gasteiger partial charge is 0.120 e. The van der Waals surface area contributed by atoms with Gasteiger partial charge in [-0.3, -0.25) is 0 Å². The number of fused-ring (bicyclic) bond motifs is 2. The molecule has 0 aliphatic heterocycles. The predicted molar refractivity (Wildman–Crippen MR) is 120 cm³/mol. The first-order chi connectivity index (χ1) is 14.3. The Balaban J connectivity index is 1.73. The molecule has 29 heavy (non-hydrogen) atoms. The van der Waals surface area contributed by atoms with E-state index >= 15 is 0 Å². The van der Waals surface area contributed by atoms with Crippen molar-refractivity contribution in [3.63, 3.8) is 0 Å². The Labute approximate surface area is 169 Å². The third kappa shape index (κ3) is 3.11. The summed E-state index contributed by atoms with van der Waals surface area (Å²) >= 11 is 0. The summed E-state index contributed by atoms with van der Waals surface area (Å²) in [5.74, 6) is 0.932. The third-order valence-corrected chi connectivity index (χ3v) is 5.42. The molecule has 0 aliphatic rings. The molecule has 142 valence electrons. The van der Waals surface area contributed by atoms with E-state index in [0.717, 1.165) is 16.8 Å². The van der Waals surface area contributed by atoms with E-state index in [4.69, 9.17) is 4.74 Å². The summed E-state index contributed by atoms with van der Waals surface area (Å²) in [7, 11) is 0. The Morgan fingerprint density at radius 1 is 0.793 bits per heavy atom. The summed E-state index contributed by atoms with van der Waals surface area (Å²) in [5.41, 5.74) is 6.00. The largest absolute Gasteiger partial charge is 0.490 e. The minimum Gasteiger partial charge on any atom is -0.490 e. The lowest BCUT2D eigenvalue weighted by Crippen LogP contribution is -2.03. The van der Waals surface area contributed by atoms with Gasteiger partial charge in [-0.25, -0.2) is 0 Å². The van der Waals surface area contributed by atoms with E-state index in [9.17, 15) is 0 Å². The molecule has 5 aromatic rings. The number of aromatic amines is 2. The van der Waals surface area contributed by atoms with Gasteiger partial charge in [0.1, 0.15) is 12.4 Å². The summed E-state index contributed by atoms with van der Waals surface area (Å²) in [4.78, 5) is 6.89. The maximum Gasteiger partial charge on any atom is 0.120 e. The zero-order chi connectivity index (χ0) is 19.6. The topological polar surface area (TPSA) is 40.8 Å². The van der Waals surface area contributed by atoms with Gasteiger partial charge in [0, 0.05) is 40.1 Å². The van der Waals surface area contributed by atoms with Crippen molar-refractivity contribution in [2.24, 2.45) is 0 Å². The number of nitrogens with one attached hydrogen (secondary N) is 2. The van der Waals surface area contributed by atoms with Gasteiger partial charge in [0.25, 0.3) is 0 Å². The van der Waals surface area contributed by atoms with Crippen LogP contribution in [0.1, 0.15) is 22.6 Å². The molecule has 0 atom stereocenters. The second-order valence-electron chi connectivity index (χ2n) is 7.18. The lowest BCUT2D eigenvalue weighted by molar-refractivity contribution is 0.363. The van der Waals surface area contributed by atoms with Gasteiger partial charge in [-0.2, -0.15) is 0 Å². The van der Waals surface area contributed by atoms with Crippen LogP contribution in [-0.4, -0.2) is 16.6 Å². The number of benzene rings is 3. The summed E-state index contributed by atoms with van der Waals surface area (Å²) in [5, 5.41) is 2.47. The molecule has 3 aromatic carbocycles. The Bertz CT molecular complexity index is 1220. The predicted octanol–water partition coefficient (Wildman–Crippen LogP) is 6.39. The van der Waals surface area contributed by atoms with Gasteiger partial charge < -0.3 is 14.7 Å². The molecule has 0 saturated heterocycles. The summed E-state index contributed by atoms with van der Waals surface area (Å²) < 4.78 is 5.82. The Hall–Kier alpha value is -3.72. The standard InChI is InChI=1S/C26H22N2O/c1-2-14-29-19-9-7-8-18(15-19)26(22-16-27-24-12-5-3-10-20(22)24)23-17-28-25-13-6-4-11-21(23)25/h2-13,15-17,26-28H,1,14H2. The molecule has 5 rings (SSSR count). The van der Waals surface area contributed by atoms with E-state index in [-0.39, 0.29) is 5.92 Å². The van der Waals surface area contributed by atoms with Crippen molar-refractivity contribution in [2.45, 2.75) is 5.92 Å². The van der Waals surface area contributed by atoms with Crippen molar-refractivity contribution in [1.29, 1.82) is 0 Å². The molecule has 0 aliphatic carbocycles. The van der Waals surface area contributed by atoms with Crippen molar-refractivity contribution in [2.75, 3.05) is 6.61 Å². The fraction of sp³-hybridized carbons (Fsp3) is 0.0769. The van der Waals surface area contributed by atoms with Crippen LogP contribution in [0.3, 0.4) is 0 Å². The zero-order valence-corrected chi connectivity index (χ0v) is 16.1. The molecule has 3 nitrogen and oxygen atoms in total. The highest BCUT2D eigenvalue weighted by Crippen LogP contribution is 2.40. The molecule has 0 unspecified atom stereocenters. The quantitative estimate of drug-likeness (QED) is 0.330. The highest BCUT2D eigenvalue weighted by atomic mass is 16.5. The Kier molecular flexibility index (Phi) is 4.41. The summed E-state index contributed by atoms with van der Waals surface area (Å²) in [6.45, 7) is 4.24. The van der Waals surface area contributed by atoms with E-state index in [1.807, 2.05) is 6.07 Å². The third-order valence-electron chi connectivity index (χ3n) is 5.42. The van der Waals surface area contributed by atoms with E-state index in [2.05, 4.69) is 95.7 Å². The molecule has 0 amide bonds. The van der Waals surface area contributed by atoms with Crippen LogP contribution in [0.15, 0.2) is 97.8 Å². The van der Waals surface area contributed by atoms with Gasteiger partial charge >= 0.3 is 0 Å². The van der Waals surface area contributed by atoms with E-state index in [1.54, 1.807) is 6.08 Å². The van der Waals surface area contributed by atoms with Gasteiger partial charge in [-0.1, -0.05) is 61.2 Å². The zero-order valence-electron chi connectivity index (χ0n) is 16.1. The maximum atomic E-state index is 5.82. The number of para-hydroxylation sites is 2. The normalized spacial score (nSPS) is 11.3. The maximum absolute atomic E-state index is 5.82. The molecule has 0 fully saturated rings. The number of hydrogen-bond acceptors (Lipinski definition) is 1. The second-order valence-corrected chi connectivity index (χ2v) is 7.18. The summed E-state index contributed by atoms with van der Waals surface area (Å²) in [6, 6.07) is 25.3. The van der Waals surface area contributed by atoms with Crippen LogP contribution in [0.2, 0.25) is 0 Å². The van der Waals surface area contributed by atoms with Gasteiger partial charge in [0.15, 0.2) is 0 Å². The van der Waals surface area contributed by atoms with Gasteiger partial charge in [0.2, 0.25) is 0 Å².